The van der Waals surface area contributed by atoms with Gasteiger partial charge in [-0.25, -0.2) is 0 Å². The molecule has 1 aliphatic carbocycles. The first kappa shape index (κ1) is 27.4. The van der Waals surface area contributed by atoms with Crippen LogP contribution in [-0.4, -0.2) is 71.1 Å². The highest BCUT2D eigenvalue weighted by atomic mass is 127. The first-order valence-electron chi connectivity index (χ1n) is 10.8. The Balaban J connectivity index is 0.00000480. The molecule has 0 aliphatic heterocycles. The normalized spacial score (nSPS) is 13.3. The molecule has 0 spiro atoms. The maximum absolute atomic E-state index is 11.7. The van der Waals surface area contributed by atoms with Crippen LogP contribution in [0, 0.1) is 0 Å². The number of aliphatic imine (C=N–C) groups is 1. The van der Waals surface area contributed by atoms with Crippen LogP contribution in [0.4, 0.5) is 0 Å². The zero-order chi connectivity index (χ0) is 21.4. The smallest absolute Gasteiger partial charge is 0.258 e. The number of carbonyl (C=O) groups excluding carboxylic acids is 1. The maximum atomic E-state index is 11.7. The standard InChI is InChI=1S/C22H36N4O4.HI/c1-3-23-22(24-12-4-14-29-16-15-28-2)25-13-11-18-5-9-20(10-6-18)30-17-21(27)26-19-7-8-19;/h5-6,9-10,19H,3-4,7-8,11-17H2,1-2H3,(H,26,27)(H2,23,24,25);1H. The summed E-state index contributed by atoms with van der Waals surface area (Å²) in [6, 6.07) is 8.22. The largest absolute Gasteiger partial charge is 0.484 e. The molecule has 0 heterocycles. The van der Waals surface area contributed by atoms with Crippen molar-refractivity contribution < 1.29 is 19.0 Å². The molecule has 2 rings (SSSR count). The molecule has 1 aromatic carbocycles. The Hall–Kier alpha value is -1.59. The van der Waals surface area contributed by atoms with Gasteiger partial charge in [-0.2, -0.15) is 0 Å². The second-order valence-electron chi connectivity index (χ2n) is 7.17. The van der Waals surface area contributed by atoms with Crippen LogP contribution in [-0.2, 0) is 20.7 Å². The summed E-state index contributed by atoms with van der Waals surface area (Å²) in [5.41, 5.74) is 1.19. The molecule has 3 N–H and O–H groups in total. The van der Waals surface area contributed by atoms with Crippen LogP contribution in [0.2, 0.25) is 0 Å². The molecule has 0 atom stereocenters. The minimum absolute atomic E-state index is 0. The lowest BCUT2D eigenvalue weighted by atomic mass is 10.1. The van der Waals surface area contributed by atoms with Gasteiger partial charge in [0.25, 0.3) is 5.91 Å². The van der Waals surface area contributed by atoms with Crippen LogP contribution < -0.4 is 20.7 Å². The second kappa shape index (κ2) is 17.0. The first-order chi connectivity index (χ1) is 14.7. The maximum Gasteiger partial charge on any atom is 0.258 e. The van der Waals surface area contributed by atoms with Crippen molar-refractivity contribution >= 4 is 35.8 Å². The van der Waals surface area contributed by atoms with Crippen molar-refractivity contribution in [2.45, 2.75) is 38.6 Å². The van der Waals surface area contributed by atoms with Crippen LogP contribution in [0.1, 0.15) is 31.7 Å². The molecule has 0 bridgehead atoms. The lowest BCUT2D eigenvalue weighted by molar-refractivity contribution is -0.123. The number of hydrogen-bond acceptors (Lipinski definition) is 5. The lowest BCUT2D eigenvalue weighted by Gasteiger charge is -2.12. The number of methoxy groups -OCH3 is 1. The minimum atomic E-state index is -0.0532. The zero-order valence-electron chi connectivity index (χ0n) is 18.7. The Morgan fingerprint density at radius 1 is 1.13 bits per heavy atom. The van der Waals surface area contributed by atoms with E-state index in [1.54, 1.807) is 7.11 Å². The highest BCUT2D eigenvalue weighted by molar-refractivity contribution is 14.0. The molecule has 31 heavy (non-hydrogen) atoms. The molecule has 0 radical (unpaired) electrons. The molecule has 1 aromatic rings. The number of halogens is 1. The van der Waals surface area contributed by atoms with E-state index in [1.165, 1.54) is 5.56 Å². The number of benzene rings is 1. The minimum Gasteiger partial charge on any atom is -0.484 e. The highest BCUT2D eigenvalue weighted by Gasteiger charge is 2.23. The van der Waals surface area contributed by atoms with Crippen LogP contribution in [0.15, 0.2) is 29.3 Å². The predicted octanol–water partition coefficient (Wildman–Crippen LogP) is 2.11. The fraction of sp³-hybridized carbons (Fsp3) is 0.636. The Bertz CT molecular complexity index is 639. The highest BCUT2D eigenvalue weighted by Crippen LogP contribution is 2.18. The Morgan fingerprint density at radius 3 is 2.58 bits per heavy atom. The third-order valence-electron chi connectivity index (χ3n) is 4.43. The van der Waals surface area contributed by atoms with Crippen LogP contribution in [0.25, 0.3) is 0 Å². The molecule has 0 aromatic heterocycles. The monoisotopic (exact) mass is 548 g/mol. The zero-order valence-corrected chi connectivity index (χ0v) is 21.0. The summed E-state index contributed by atoms with van der Waals surface area (Å²) in [6.45, 7) is 6.35. The molecule has 8 nitrogen and oxygen atoms in total. The molecule has 1 amide bonds. The van der Waals surface area contributed by atoms with Gasteiger partial charge in [0, 0.05) is 39.4 Å². The van der Waals surface area contributed by atoms with E-state index in [4.69, 9.17) is 14.2 Å². The summed E-state index contributed by atoms with van der Waals surface area (Å²) < 4.78 is 15.9. The SMILES string of the molecule is CCNC(=NCCCOCCOC)NCCc1ccc(OCC(=O)NC2CC2)cc1.I. The van der Waals surface area contributed by atoms with Crippen molar-refractivity contribution in [2.75, 3.05) is 53.2 Å². The molecule has 0 unspecified atom stereocenters. The first-order valence-corrected chi connectivity index (χ1v) is 10.8. The summed E-state index contributed by atoms with van der Waals surface area (Å²) in [5.74, 6) is 1.47. The van der Waals surface area contributed by atoms with Crippen molar-refractivity contribution in [1.82, 2.24) is 16.0 Å². The lowest BCUT2D eigenvalue weighted by Crippen LogP contribution is -2.38. The van der Waals surface area contributed by atoms with Gasteiger partial charge in [-0.05, 0) is 50.3 Å². The molecule has 1 saturated carbocycles. The van der Waals surface area contributed by atoms with E-state index in [1.807, 2.05) is 24.3 Å². The van der Waals surface area contributed by atoms with Gasteiger partial charge in [0.05, 0.1) is 13.2 Å². The van der Waals surface area contributed by atoms with Crippen LogP contribution >= 0.6 is 24.0 Å². The van der Waals surface area contributed by atoms with Gasteiger partial charge in [0.2, 0.25) is 0 Å². The summed E-state index contributed by atoms with van der Waals surface area (Å²) in [5, 5.41) is 9.52. The number of nitrogens with one attached hydrogen (secondary N) is 3. The van der Waals surface area contributed by atoms with Crippen molar-refractivity contribution in [3.63, 3.8) is 0 Å². The second-order valence-corrected chi connectivity index (χ2v) is 7.17. The van der Waals surface area contributed by atoms with Gasteiger partial charge in [-0.3, -0.25) is 9.79 Å². The van der Waals surface area contributed by atoms with Gasteiger partial charge in [0.1, 0.15) is 5.75 Å². The molecule has 9 heteroatoms. The van der Waals surface area contributed by atoms with Crippen molar-refractivity contribution in [3.8, 4) is 5.75 Å². The third-order valence-corrected chi connectivity index (χ3v) is 4.43. The van der Waals surface area contributed by atoms with Crippen molar-refractivity contribution in [1.29, 1.82) is 0 Å². The van der Waals surface area contributed by atoms with Gasteiger partial charge >= 0.3 is 0 Å². The van der Waals surface area contributed by atoms with Gasteiger partial charge < -0.3 is 30.2 Å². The summed E-state index contributed by atoms with van der Waals surface area (Å²) in [7, 11) is 1.67. The Kier molecular flexibility index (Phi) is 15.1. The quantitative estimate of drug-likeness (QED) is 0.135. The van der Waals surface area contributed by atoms with Gasteiger partial charge in [-0.15, -0.1) is 24.0 Å². The van der Waals surface area contributed by atoms with E-state index in [0.717, 1.165) is 44.7 Å². The molecular weight excluding hydrogens is 511 g/mol. The topological polar surface area (TPSA) is 93.2 Å². The van der Waals surface area contributed by atoms with E-state index in [2.05, 4.69) is 27.9 Å². The number of nitrogens with zero attached hydrogens (tertiary/aromatic N) is 1. The van der Waals surface area contributed by atoms with Crippen molar-refractivity contribution in [3.05, 3.63) is 29.8 Å². The molecule has 0 saturated heterocycles. The Morgan fingerprint density at radius 2 is 1.90 bits per heavy atom. The van der Waals surface area contributed by atoms with E-state index < -0.39 is 0 Å². The number of carbonyl (C=O) groups is 1. The fourth-order valence-electron chi connectivity index (χ4n) is 2.67. The molecular formula is C22H37IN4O4. The van der Waals surface area contributed by atoms with E-state index in [-0.39, 0.29) is 36.5 Å². The number of ether oxygens (including phenoxy) is 3. The fourth-order valence-corrected chi connectivity index (χ4v) is 2.67. The molecule has 1 fully saturated rings. The van der Waals surface area contributed by atoms with Gasteiger partial charge in [0.15, 0.2) is 12.6 Å². The predicted molar refractivity (Wildman–Crippen MR) is 134 cm³/mol. The average Bonchev–Trinajstić information content (AvgIpc) is 3.56. The molecule has 1 aliphatic rings. The number of amides is 1. The van der Waals surface area contributed by atoms with Crippen LogP contribution in [0.3, 0.4) is 0 Å². The number of guanidine groups is 1. The van der Waals surface area contributed by atoms with Crippen molar-refractivity contribution in [2.24, 2.45) is 4.99 Å². The number of rotatable bonds is 15. The van der Waals surface area contributed by atoms with E-state index >= 15 is 0 Å². The average molecular weight is 548 g/mol. The molecule has 176 valence electrons. The van der Waals surface area contributed by atoms with Crippen LogP contribution in [0.5, 0.6) is 5.75 Å². The van der Waals surface area contributed by atoms with Gasteiger partial charge in [-0.1, -0.05) is 12.1 Å². The van der Waals surface area contributed by atoms with E-state index in [0.29, 0.717) is 38.2 Å². The third kappa shape index (κ3) is 13.4. The number of hydrogen-bond donors (Lipinski definition) is 3. The summed E-state index contributed by atoms with van der Waals surface area (Å²) in [6.07, 6.45) is 3.91. The van der Waals surface area contributed by atoms with E-state index in [9.17, 15) is 4.79 Å². The Labute approximate surface area is 202 Å². The summed E-state index contributed by atoms with van der Waals surface area (Å²) in [4.78, 5) is 16.2. The summed E-state index contributed by atoms with van der Waals surface area (Å²) >= 11 is 0.